The van der Waals surface area contributed by atoms with Gasteiger partial charge >= 0.3 is 5.97 Å². The van der Waals surface area contributed by atoms with Gasteiger partial charge in [-0.1, -0.05) is 0 Å². The number of carbonyl (C=O) groups excluding carboxylic acids is 1. The Hall–Kier alpha value is -0.620. The van der Waals surface area contributed by atoms with E-state index >= 15 is 0 Å². The maximum absolute atomic E-state index is 10.5. The number of hydrogen-bond acceptors (Lipinski definition) is 5. The van der Waals surface area contributed by atoms with Crippen molar-refractivity contribution in [2.45, 2.75) is 19.8 Å². The molecule has 78 valence electrons. The Morgan fingerprint density at radius 1 is 1.23 bits per heavy atom. The van der Waals surface area contributed by atoms with Crippen LogP contribution in [0.5, 0.6) is 0 Å². The molecule has 0 amide bonds. The van der Waals surface area contributed by atoms with Crippen LogP contribution < -0.4 is 0 Å². The van der Waals surface area contributed by atoms with Crippen molar-refractivity contribution in [2.75, 3.05) is 19.5 Å². The summed E-state index contributed by atoms with van der Waals surface area (Å²) in [6, 6.07) is 0. The van der Waals surface area contributed by atoms with E-state index in [-0.39, 0.29) is 12.6 Å². The summed E-state index contributed by atoms with van der Waals surface area (Å²) in [6.45, 7) is 1.77. The van der Waals surface area contributed by atoms with E-state index in [1.807, 2.05) is 0 Å². The van der Waals surface area contributed by atoms with Crippen LogP contribution in [0, 0.1) is 0 Å². The van der Waals surface area contributed by atoms with E-state index in [2.05, 4.69) is 8.92 Å². The molecule has 0 unspecified atom stereocenters. The minimum absolute atomic E-state index is 0.139. The SMILES string of the molecule is CC(=O)OCCCCOS(C)(=O)=O. The highest BCUT2D eigenvalue weighted by atomic mass is 32.2. The second-order valence-corrected chi connectivity index (χ2v) is 4.22. The largest absolute Gasteiger partial charge is 0.466 e. The van der Waals surface area contributed by atoms with Crippen molar-refractivity contribution in [1.82, 2.24) is 0 Å². The molecular formula is C7H14O5S. The Morgan fingerprint density at radius 2 is 1.77 bits per heavy atom. The molecule has 0 N–H and O–H groups in total. The Balaban J connectivity index is 3.23. The summed E-state index contributed by atoms with van der Waals surface area (Å²) in [7, 11) is -3.34. The molecule has 0 heterocycles. The maximum atomic E-state index is 10.5. The van der Waals surface area contributed by atoms with Gasteiger partial charge in [0.05, 0.1) is 19.5 Å². The number of esters is 1. The summed E-state index contributed by atoms with van der Waals surface area (Å²) < 4.78 is 30.0. The minimum atomic E-state index is -3.34. The molecule has 0 aromatic rings. The van der Waals surface area contributed by atoms with Crippen LogP contribution in [-0.4, -0.2) is 33.9 Å². The molecule has 0 aliphatic carbocycles. The average molecular weight is 210 g/mol. The predicted molar refractivity (Wildman–Crippen MR) is 46.7 cm³/mol. The van der Waals surface area contributed by atoms with Gasteiger partial charge in [-0.3, -0.25) is 8.98 Å². The number of carbonyl (C=O) groups is 1. The van der Waals surface area contributed by atoms with Crippen LogP contribution >= 0.6 is 0 Å². The van der Waals surface area contributed by atoms with Crippen LogP contribution in [0.2, 0.25) is 0 Å². The van der Waals surface area contributed by atoms with Crippen molar-refractivity contribution in [1.29, 1.82) is 0 Å². The highest BCUT2D eigenvalue weighted by Gasteiger charge is 2.00. The minimum Gasteiger partial charge on any atom is -0.466 e. The quantitative estimate of drug-likeness (QED) is 0.358. The van der Waals surface area contributed by atoms with E-state index in [0.29, 0.717) is 19.4 Å². The topological polar surface area (TPSA) is 69.7 Å². The van der Waals surface area contributed by atoms with Crippen molar-refractivity contribution in [3.8, 4) is 0 Å². The van der Waals surface area contributed by atoms with Gasteiger partial charge in [-0.2, -0.15) is 8.42 Å². The third-order valence-electron chi connectivity index (χ3n) is 1.14. The molecule has 0 fully saturated rings. The van der Waals surface area contributed by atoms with Gasteiger partial charge in [0.25, 0.3) is 10.1 Å². The Bertz CT molecular complexity index is 244. The van der Waals surface area contributed by atoms with E-state index in [9.17, 15) is 13.2 Å². The molecule has 0 aromatic carbocycles. The first-order valence-corrected chi connectivity index (χ1v) is 5.71. The van der Waals surface area contributed by atoms with Crippen LogP contribution in [0.4, 0.5) is 0 Å². The van der Waals surface area contributed by atoms with Gasteiger partial charge in [-0.25, -0.2) is 0 Å². The predicted octanol–water partition coefficient (Wildman–Crippen LogP) is 0.306. The molecule has 0 atom stereocenters. The molecule has 0 rings (SSSR count). The monoisotopic (exact) mass is 210 g/mol. The zero-order chi connectivity index (χ0) is 10.3. The van der Waals surface area contributed by atoms with E-state index in [1.54, 1.807) is 0 Å². The molecule has 0 radical (unpaired) electrons. The van der Waals surface area contributed by atoms with Crippen molar-refractivity contribution in [3.63, 3.8) is 0 Å². The molecule has 0 bridgehead atoms. The van der Waals surface area contributed by atoms with Crippen molar-refractivity contribution in [2.24, 2.45) is 0 Å². The summed E-state index contributed by atoms with van der Waals surface area (Å²) in [5.74, 6) is -0.330. The molecule has 0 saturated heterocycles. The lowest BCUT2D eigenvalue weighted by molar-refractivity contribution is -0.141. The van der Waals surface area contributed by atoms with E-state index in [0.717, 1.165) is 6.26 Å². The number of rotatable bonds is 6. The third-order valence-corrected chi connectivity index (χ3v) is 1.74. The van der Waals surface area contributed by atoms with Crippen LogP contribution in [-0.2, 0) is 23.8 Å². The normalized spacial score (nSPS) is 11.2. The van der Waals surface area contributed by atoms with Crippen LogP contribution in [0.3, 0.4) is 0 Å². The molecule has 5 nitrogen and oxygen atoms in total. The number of hydrogen-bond donors (Lipinski definition) is 0. The van der Waals surface area contributed by atoms with Gasteiger partial charge in [-0.05, 0) is 12.8 Å². The molecular weight excluding hydrogens is 196 g/mol. The number of unbranched alkanes of at least 4 members (excludes halogenated alkanes) is 1. The summed E-state index contributed by atoms with van der Waals surface area (Å²) in [6.07, 6.45) is 2.16. The maximum Gasteiger partial charge on any atom is 0.302 e. The standard InChI is InChI=1S/C7H14O5S/c1-7(8)11-5-3-4-6-12-13(2,9)10/h3-6H2,1-2H3. The first kappa shape index (κ1) is 12.4. The summed E-state index contributed by atoms with van der Waals surface area (Å²) in [5.41, 5.74) is 0. The zero-order valence-corrected chi connectivity index (χ0v) is 8.59. The Labute approximate surface area is 78.2 Å². The molecule has 13 heavy (non-hydrogen) atoms. The molecule has 0 aromatic heterocycles. The second-order valence-electron chi connectivity index (χ2n) is 2.57. The van der Waals surface area contributed by atoms with Crippen LogP contribution in [0.15, 0.2) is 0 Å². The van der Waals surface area contributed by atoms with E-state index in [1.165, 1.54) is 6.92 Å². The van der Waals surface area contributed by atoms with Gasteiger partial charge in [0.15, 0.2) is 0 Å². The Morgan fingerprint density at radius 3 is 2.23 bits per heavy atom. The van der Waals surface area contributed by atoms with Crippen LogP contribution in [0.1, 0.15) is 19.8 Å². The average Bonchev–Trinajstić information content (AvgIpc) is 1.93. The van der Waals surface area contributed by atoms with Gasteiger partial charge in [0.2, 0.25) is 0 Å². The summed E-state index contributed by atoms with van der Waals surface area (Å²) >= 11 is 0. The van der Waals surface area contributed by atoms with Crippen LogP contribution in [0.25, 0.3) is 0 Å². The Kier molecular flexibility index (Phi) is 5.65. The van der Waals surface area contributed by atoms with Crippen molar-refractivity contribution in [3.05, 3.63) is 0 Å². The summed E-state index contributed by atoms with van der Waals surface area (Å²) in [5, 5.41) is 0. The first-order chi connectivity index (χ1) is 5.92. The van der Waals surface area contributed by atoms with Crippen molar-refractivity contribution < 1.29 is 22.1 Å². The molecule has 0 aliphatic heterocycles. The zero-order valence-electron chi connectivity index (χ0n) is 7.78. The molecule has 0 aliphatic rings. The fourth-order valence-electron chi connectivity index (χ4n) is 0.630. The lowest BCUT2D eigenvalue weighted by Gasteiger charge is -2.01. The lowest BCUT2D eigenvalue weighted by Crippen LogP contribution is -2.06. The molecule has 0 saturated carbocycles. The molecule has 6 heteroatoms. The highest BCUT2D eigenvalue weighted by Crippen LogP contribution is 1.94. The third kappa shape index (κ3) is 11.4. The first-order valence-electron chi connectivity index (χ1n) is 3.89. The van der Waals surface area contributed by atoms with Gasteiger partial charge < -0.3 is 4.74 Å². The number of ether oxygens (including phenoxy) is 1. The highest BCUT2D eigenvalue weighted by molar-refractivity contribution is 7.85. The van der Waals surface area contributed by atoms with E-state index in [4.69, 9.17) is 0 Å². The van der Waals surface area contributed by atoms with Gasteiger partial charge in [-0.15, -0.1) is 0 Å². The second kappa shape index (κ2) is 5.93. The fourth-order valence-corrected chi connectivity index (χ4v) is 1.05. The fraction of sp³-hybridized carbons (Fsp3) is 0.857. The van der Waals surface area contributed by atoms with Crippen molar-refractivity contribution >= 4 is 16.1 Å². The smallest absolute Gasteiger partial charge is 0.302 e. The molecule has 0 spiro atoms. The van der Waals surface area contributed by atoms with Gasteiger partial charge in [0.1, 0.15) is 0 Å². The summed E-state index contributed by atoms with van der Waals surface area (Å²) in [4.78, 5) is 10.3. The van der Waals surface area contributed by atoms with Gasteiger partial charge in [0, 0.05) is 6.92 Å². The van der Waals surface area contributed by atoms with E-state index < -0.39 is 10.1 Å². The lowest BCUT2D eigenvalue weighted by atomic mass is 10.3.